The Labute approximate surface area is 158 Å². The van der Waals surface area contributed by atoms with E-state index in [2.05, 4.69) is 26.5 Å². The number of hydrazone groups is 1. The number of amides is 1. The summed E-state index contributed by atoms with van der Waals surface area (Å²) >= 11 is 9.16. The molecule has 1 amide bonds. The minimum absolute atomic E-state index is 0.177. The third-order valence-corrected chi connectivity index (χ3v) is 3.92. The summed E-state index contributed by atoms with van der Waals surface area (Å²) in [5.41, 5.74) is 3.14. The number of nitrogens with zero attached hydrogens (tertiary/aromatic N) is 1. The highest BCUT2D eigenvalue weighted by Gasteiger charge is 2.06. The van der Waals surface area contributed by atoms with Crippen molar-refractivity contribution >= 4 is 39.7 Å². The molecule has 0 radical (unpaired) electrons. The molecule has 0 bridgehead atoms. The maximum absolute atomic E-state index is 11.8. The molecule has 0 saturated heterocycles. The predicted molar refractivity (Wildman–Crippen MR) is 99.9 cm³/mol. The summed E-state index contributed by atoms with van der Waals surface area (Å²) in [5.74, 6) is 1.32. The summed E-state index contributed by atoms with van der Waals surface area (Å²) in [7, 11) is 3.11. The van der Waals surface area contributed by atoms with Crippen LogP contribution in [0.2, 0.25) is 5.02 Å². The molecule has 25 heavy (non-hydrogen) atoms. The third-order valence-electron chi connectivity index (χ3n) is 3.06. The summed E-state index contributed by atoms with van der Waals surface area (Å²) in [6.07, 6.45) is 1.50. The second-order valence-corrected chi connectivity index (χ2v) is 6.06. The second-order valence-electron chi connectivity index (χ2n) is 4.77. The molecule has 0 aliphatic rings. The van der Waals surface area contributed by atoms with Crippen LogP contribution < -0.4 is 19.6 Å². The summed E-state index contributed by atoms with van der Waals surface area (Å²) in [4.78, 5) is 11.8. The molecule has 2 aromatic rings. The van der Waals surface area contributed by atoms with Gasteiger partial charge in [-0.3, -0.25) is 4.79 Å². The average Bonchev–Trinajstić information content (AvgIpc) is 2.60. The third kappa shape index (κ3) is 5.65. The first kappa shape index (κ1) is 19.1. The van der Waals surface area contributed by atoms with E-state index in [-0.39, 0.29) is 6.61 Å². The molecule has 132 valence electrons. The van der Waals surface area contributed by atoms with Crippen molar-refractivity contribution in [3.8, 4) is 17.2 Å². The Morgan fingerprint density at radius 2 is 1.88 bits per heavy atom. The number of carbonyl (C=O) groups excluding carboxylic acids is 1. The topological polar surface area (TPSA) is 69.2 Å². The first-order valence-electron chi connectivity index (χ1n) is 7.15. The van der Waals surface area contributed by atoms with E-state index < -0.39 is 5.91 Å². The molecule has 2 rings (SSSR count). The zero-order valence-electron chi connectivity index (χ0n) is 13.6. The number of hydrogen-bond donors (Lipinski definition) is 1. The van der Waals surface area contributed by atoms with Crippen LogP contribution in [0, 0.1) is 0 Å². The highest BCUT2D eigenvalue weighted by Crippen LogP contribution is 2.28. The van der Waals surface area contributed by atoms with E-state index in [1.165, 1.54) is 6.21 Å². The van der Waals surface area contributed by atoms with Crippen molar-refractivity contribution in [1.29, 1.82) is 0 Å². The number of benzene rings is 2. The van der Waals surface area contributed by atoms with Crippen molar-refractivity contribution in [3.05, 3.63) is 51.5 Å². The van der Waals surface area contributed by atoms with Gasteiger partial charge in [0.2, 0.25) is 0 Å². The molecule has 0 unspecified atom stereocenters. The monoisotopic (exact) mass is 426 g/mol. The van der Waals surface area contributed by atoms with Gasteiger partial charge in [0.15, 0.2) is 18.1 Å². The highest BCUT2D eigenvalue weighted by molar-refractivity contribution is 9.10. The van der Waals surface area contributed by atoms with Crippen LogP contribution in [0.3, 0.4) is 0 Å². The molecule has 2 aromatic carbocycles. The maximum Gasteiger partial charge on any atom is 0.277 e. The average molecular weight is 428 g/mol. The van der Waals surface area contributed by atoms with Crippen molar-refractivity contribution < 1.29 is 19.0 Å². The fraction of sp³-hybridized carbons (Fsp3) is 0.176. The molecule has 6 nitrogen and oxygen atoms in total. The van der Waals surface area contributed by atoms with Gasteiger partial charge in [0.25, 0.3) is 5.91 Å². The number of methoxy groups -OCH3 is 2. The zero-order valence-corrected chi connectivity index (χ0v) is 15.9. The van der Waals surface area contributed by atoms with E-state index in [9.17, 15) is 4.79 Å². The molecule has 0 heterocycles. The number of hydrogen-bond acceptors (Lipinski definition) is 5. The van der Waals surface area contributed by atoms with Crippen molar-refractivity contribution in [2.45, 2.75) is 0 Å². The van der Waals surface area contributed by atoms with Gasteiger partial charge in [0.1, 0.15) is 5.75 Å². The van der Waals surface area contributed by atoms with Gasteiger partial charge in [-0.05, 0) is 57.9 Å². The van der Waals surface area contributed by atoms with Gasteiger partial charge in [-0.15, -0.1) is 0 Å². The minimum atomic E-state index is -0.390. The lowest BCUT2D eigenvalue weighted by molar-refractivity contribution is -0.123. The Balaban J connectivity index is 1.88. The van der Waals surface area contributed by atoms with Crippen LogP contribution in [-0.2, 0) is 4.79 Å². The van der Waals surface area contributed by atoms with Gasteiger partial charge >= 0.3 is 0 Å². The zero-order chi connectivity index (χ0) is 18.2. The Bertz CT molecular complexity index is 783. The van der Waals surface area contributed by atoms with E-state index in [1.54, 1.807) is 50.6 Å². The van der Waals surface area contributed by atoms with Crippen LogP contribution in [0.15, 0.2) is 46.0 Å². The number of nitrogens with one attached hydrogen (secondary N) is 1. The Morgan fingerprint density at radius 1 is 1.16 bits per heavy atom. The molecule has 0 saturated carbocycles. The fourth-order valence-electron chi connectivity index (χ4n) is 1.88. The lowest BCUT2D eigenvalue weighted by Crippen LogP contribution is -2.24. The van der Waals surface area contributed by atoms with Crippen molar-refractivity contribution in [3.63, 3.8) is 0 Å². The van der Waals surface area contributed by atoms with E-state index in [1.807, 2.05) is 0 Å². The van der Waals surface area contributed by atoms with Crippen LogP contribution >= 0.6 is 27.5 Å². The smallest absolute Gasteiger partial charge is 0.277 e. The van der Waals surface area contributed by atoms with Crippen LogP contribution in [-0.4, -0.2) is 32.9 Å². The van der Waals surface area contributed by atoms with Crippen LogP contribution in [0.4, 0.5) is 0 Å². The Kier molecular flexibility index (Phi) is 7.09. The number of ether oxygens (including phenoxy) is 3. The summed E-state index contributed by atoms with van der Waals surface area (Å²) in [6, 6.07) is 10.3. The van der Waals surface area contributed by atoms with Crippen LogP contribution in [0.25, 0.3) is 0 Å². The normalized spacial score (nSPS) is 10.6. The maximum atomic E-state index is 11.8. The van der Waals surface area contributed by atoms with Crippen molar-refractivity contribution in [1.82, 2.24) is 5.43 Å². The molecular formula is C17H16BrClN2O4. The highest BCUT2D eigenvalue weighted by atomic mass is 79.9. The molecule has 0 spiro atoms. The van der Waals surface area contributed by atoms with E-state index in [0.717, 1.165) is 5.56 Å². The molecule has 8 heteroatoms. The van der Waals surface area contributed by atoms with Gasteiger partial charge < -0.3 is 14.2 Å². The molecule has 0 aliphatic heterocycles. The van der Waals surface area contributed by atoms with E-state index >= 15 is 0 Å². The van der Waals surface area contributed by atoms with Gasteiger partial charge in [0.05, 0.1) is 24.9 Å². The van der Waals surface area contributed by atoms with Gasteiger partial charge in [-0.1, -0.05) is 11.6 Å². The lowest BCUT2D eigenvalue weighted by Gasteiger charge is -2.08. The van der Waals surface area contributed by atoms with Crippen LogP contribution in [0.1, 0.15) is 5.56 Å². The molecule has 0 aliphatic carbocycles. The summed E-state index contributed by atoms with van der Waals surface area (Å²) < 4.78 is 16.4. The predicted octanol–water partition coefficient (Wildman–Crippen LogP) is 3.65. The van der Waals surface area contributed by atoms with Crippen LogP contribution in [0.5, 0.6) is 17.2 Å². The first-order valence-corrected chi connectivity index (χ1v) is 8.32. The molecule has 0 atom stereocenters. The number of rotatable bonds is 7. The van der Waals surface area contributed by atoms with Gasteiger partial charge in [-0.25, -0.2) is 5.43 Å². The fourth-order valence-corrected chi connectivity index (χ4v) is 2.68. The van der Waals surface area contributed by atoms with E-state index in [0.29, 0.717) is 26.7 Å². The van der Waals surface area contributed by atoms with Crippen molar-refractivity contribution in [2.24, 2.45) is 5.10 Å². The number of halogens is 2. The quantitative estimate of drug-likeness (QED) is 0.541. The van der Waals surface area contributed by atoms with Gasteiger partial charge in [-0.2, -0.15) is 5.10 Å². The molecule has 0 aromatic heterocycles. The second kappa shape index (κ2) is 9.29. The van der Waals surface area contributed by atoms with E-state index in [4.69, 9.17) is 25.8 Å². The van der Waals surface area contributed by atoms with Crippen molar-refractivity contribution in [2.75, 3.05) is 20.8 Å². The minimum Gasteiger partial charge on any atom is -0.493 e. The Morgan fingerprint density at radius 3 is 2.56 bits per heavy atom. The first-order chi connectivity index (χ1) is 12.0. The molecule has 1 N–H and O–H groups in total. The standard InChI is InChI=1S/C17H16BrClN2O4/c1-23-15-5-3-11(7-16(15)24-2)9-20-21-17(22)10-25-14-6-4-12(19)8-13(14)18/h3-9H,10H2,1-2H3,(H,21,22)/b20-9-. The largest absolute Gasteiger partial charge is 0.493 e. The molecule has 0 fully saturated rings. The van der Waals surface area contributed by atoms with Gasteiger partial charge in [0, 0.05) is 5.02 Å². The number of carbonyl (C=O) groups is 1. The molecular weight excluding hydrogens is 412 g/mol. The summed E-state index contributed by atoms with van der Waals surface area (Å²) in [6.45, 7) is -0.177. The Hall–Kier alpha value is -2.25. The SMILES string of the molecule is COc1ccc(/C=N\NC(=O)COc2ccc(Cl)cc2Br)cc1OC. The lowest BCUT2D eigenvalue weighted by atomic mass is 10.2. The summed E-state index contributed by atoms with van der Waals surface area (Å²) in [5, 5.41) is 4.46.